The van der Waals surface area contributed by atoms with Crippen molar-refractivity contribution in [2.24, 2.45) is 0 Å². The zero-order valence-corrected chi connectivity index (χ0v) is 74.3. The number of hydrogen-bond acceptors (Lipinski definition) is 21. The van der Waals surface area contributed by atoms with Crippen LogP contribution in [0.15, 0.2) is 231 Å². The molecule has 27 heteroatoms. The van der Waals surface area contributed by atoms with Gasteiger partial charge in [-0.3, -0.25) is 24.0 Å². The summed E-state index contributed by atoms with van der Waals surface area (Å²) in [7, 11) is 1.18. The molecule has 0 fully saturated rings. The molecule has 0 aromatic heterocycles. The maximum Gasteiger partial charge on any atom is 0.407 e. The van der Waals surface area contributed by atoms with Gasteiger partial charge in [0, 0.05) is 41.0 Å². The number of esters is 1. The van der Waals surface area contributed by atoms with Crippen LogP contribution in [0.4, 0.5) is 4.79 Å². The third-order valence-electron chi connectivity index (χ3n) is 23.3. The van der Waals surface area contributed by atoms with E-state index in [1.54, 1.807) is 36.4 Å². The van der Waals surface area contributed by atoms with Crippen molar-refractivity contribution in [2.45, 2.75) is 95.5 Å². The molecule has 1 aliphatic carbocycles. The Morgan fingerprint density at radius 2 is 0.626 bits per heavy atom. The fourth-order valence-corrected chi connectivity index (χ4v) is 16.6. The number of ether oxygens (including phenoxy) is 14. The topological polar surface area (TPSA) is 321 Å². The van der Waals surface area contributed by atoms with Crippen LogP contribution in [0.25, 0.3) is 76.5 Å². The van der Waals surface area contributed by atoms with E-state index in [1.807, 2.05) is 146 Å². The minimum absolute atomic E-state index is 0.0384. The first-order valence-electron chi connectivity index (χ1n) is 44.1. The Bertz CT molecular complexity index is 6100. The Morgan fingerprint density at radius 3 is 0.985 bits per heavy atom. The van der Waals surface area contributed by atoms with Crippen LogP contribution in [0.2, 0.25) is 0 Å². The summed E-state index contributed by atoms with van der Waals surface area (Å²) in [4.78, 5) is 101. The zero-order chi connectivity index (χ0) is 91.4. The van der Waals surface area contributed by atoms with E-state index in [1.165, 1.54) is 48.7 Å². The molecule has 0 unspecified atom stereocenters. The van der Waals surface area contributed by atoms with Crippen molar-refractivity contribution in [1.82, 2.24) is 31.9 Å². The normalized spacial score (nSPS) is 16.1. The molecule has 2 aliphatic heterocycles. The van der Waals surface area contributed by atoms with Crippen LogP contribution >= 0.6 is 0 Å². The highest BCUT2D eigenvalue weighted by Gasteiger charge is 2.42. The molecule has 0 spiro atoms. The lowest BCUT2D eigenvalue weighted by atomic mass is 9.90. The molecule has 15 rings (SSSR count). The average molecular weight is 1780 g/mol. The summed E-state index contributed by atoms with van der Waals surface area (Å²) in [6.45, 7) is 11.1. The molecule has 6 amide bonds. The van der Waals surface area contributed by atoms with Crippen LogP contribution in [0.5, 0.6) is 46.0 Å². The maximum absolute atomic E-state index is 15.3. The summed E-state index contributed by atoms with van der Waals surface area (Å²) in [5.41, 5.74) is 4.73. The van der Waals surface area contributed by atoms with Gasteiger partial charge in [0.1, 0.15) is 118 Å². The van der Waals surface area contributed by atoms with Gasteiger partial charge >= 0.3 is 12.1 Å². The Hall–Kier alpha value is -14.0. The predicted octanol–water partition coefficient (Wildman–Crippen LogP) is 14.3. The molecular formula is C104H108N6O21. The monoisotopic (exact) mass is 1780 g/mol. The lowest BCUT2D eigenvalue weighted by Gasteiger charge is -2.33. The fraction of sp³-hybridized carbons (Fsp3) is 0.317. The molecule has 3 aliphatic rings. The highest BCUT2D eigenvalue weighted by atomic mass is 16.6. The number of alkyl carbamates (subject to hydrolysis) is 1. The highest BCUT2D eigenvalue weighted by Crippen LogP contribution is 2.49. The van der Waals surface area contributed by atoms with Gasteiger partial charge in [-0.1, -0.05) is 182 Å². The number of fused-ring (bicyclic) bond motifs is 19. The Labute approximate surface area is 759 Å². The third-order valence-corrected chi connectivity index (χ3v) is 23.3. The van der Waals surface area contributed by atoms with Crippen molar-refractivity contribution in [3.8, 4) is 79.4 Å². The number of hydrogen-bond donors (Lipinski definition) is 6. The second-order valence-corrected chi connectivity index (χ2v) is 32.8. The average Bonchev–Trinajstić information content (AvgIpc) is 1.73. The lowest BCUT2D eigenvalue weighted by Crippen LogP contribution is -2.64. The van der Waals surface area contributed by atoms with Crippen molar-refractivity contribution in [1.29, 1.82) is 0 Å². The van der Waals surface area contributed by atoms with Gasteiger partial charge in [0.25, 0.3) is 0 Å². The van der Waals surface area contributed by atoms with E-state index in [2.05, 4.69) is 80.4 Å². The molecule has 12 aromatic rings. The molecule has 6 N–H and O–H groups in total. The number of nitrogens with one attached hydrogen (secondary N) is 6. The molecule has 6 atom stereocenters. The van der Waals surface area contributed by atoms with E-state index in [-0.39, 0.29) is 143 Å². The van der Waals surface area contributed by atoms with Crippen molar-refractivity contribution in [3.63, 3.8) is 0 Å². The first-order valence-corrected chi connectivity index (χ1v) is 44.1. The summed E-state index contributed by atoms with van der Waals surface area (Å²) < 4.78 is 86.9. The SMILES string of the molecule is COC(=O)[C@H](C)NC(=O)[C@](C)(Cc1ccc2c(c1)OCCOCCOc1ccc3ccccc3c1-c1c(ccc3ccccc13)OCCOCCO2)NC(=O)[C@H](C)NC(=O)[C@H](C)NC(=O)[C@](C)(Cc1ccc2c(c1)OCCOCCOc1ccc3ccccc3c1-c1c(ccc3ccccc13)OCCOCCO2)NC(=O)[C@H](C)NC(=O)OCC1c2ccccc2-c2ccccc21. The van der Waals surface area contributed by atoms with E-state index in [4.69, 9.17) is 66.3 Å². The molecule has 0 radical (unpaired) electrons. The highest BCUT2D eigenvalue weighted by molar-refractivity contribution is 6.12. The van der Waals surface area contributed by atoms with E-state index >= 15 is 4.79 Å². The minimum Gasteiger partial charge on any atom is -0.491 e. The van der Waals surface area contributed by atoms with Crippen molar-refractivity contribution < 1.29 is 99.9 Å². The summed E-state index contributed by atoms with van der Waals surface area (Å²) in [6, 6.07) is 69.2. The number of carbonyl (C=O) groups is 7. The van der Waals surface area contributed by atoms with Crippen LogP contribution in [0.1, 0.15) is 69.7 Å². The van der Waals surface area contributed by atoms with Crippen molar-refractivity contribution in [2.75, 3.05) is 119 Å². The molecule has 0 saturated heterocycles. The minimum atomic E-state index is -1.93. The van der Waals surface area contributed by atoms with E-state index in [0.717, 1.165) is 87.6 Å². The lowest BCUT2D eigenvalue weighted by molar-refractivity contribution is -0.145. The third kappa shape index (κ3) is 22.1. The molecule has 27 nitrogen and oxygen atoms in total. The Morgan fingerprint density at radius 1 is 0.328 bits per heavy atom. The first-order chi connectivity index (χ1) is 63.7. The van der Waals surface area contributed by atoms with E-state index in [9.17, 15) is 28.8 Å². The summed E-state index contributed by atoms with van der Waals surface area (Å²) in [5, 5.41) is 24.5. The summed E-state index contributed by atoms with van der Waals surface area (Å²) >= 11 is 0. The molecule has 12 aromatic carbocycles. The molecule has 131 heavy (non-hydrogen) atoms. The van der Waals surface area contributed by atoms with E-state index < -0.39 is 76.8 Å². The summed E-state index contributed by atoms with van der Waals surface area (Å²) in [6.07, 6.45) is -1.33. The van der Waals surface area contributed by atoms with Crippen molar-refractivity contribution in [3.05, 3.63) is 253 Å². The van der Waals surface area contributed by atoms with Crippen LogP contribution in [0.3, 0.4) is 0 Å². The molecule has 0 saturated carbocycles. The van der Waals surface area contributed by atoms with Gasteiger partial charge in [0.2, 0.25) is 29.5 Å². The van der Waals surface area contributed by atoms with Crippen LogP contribution < -0.4 is 69.8 Å². The van der Waals surface area contributed by atoms with Crippen LogP contribution in [-0.4, -0.2) is 196 Å². The molecule has 2 heterocycles. The Kier molecular flexibility index (Phi) is 30.1. The molecular weight excluding hydrogens is 1670 g/mol. The predicted molar refractivity (Wildman–Crippen MR) is 497 cm³/mol. The van der Waals surface area contributed by atoms with Gasteiger partial charge in [-0.25, -0.2) is 9.59 Å². The van der Waals surface area contributed by atoms with Gasteiger partial charge in [-0.05, 0) is 167 Å². The van der Waals surface area contributed by atoms with Gasteiger partial charge < -0.3 is 98.2 Å². The zero-order valence-electron chi connectivity index (χ0n) is 74.3. The maximum atomic E-state index is 15.3. The fourth-order valence-electron chi connectivity index (χ4n) is 16.6. The van der Waals surface area contributed by atoms with Gasteiger partial charge in [-0.15, -0.1) is 0 Å². The van der Waals surface area contributed by atoms with Crippen LogP contribution in [0, 0.1) is 0 Å². The number of amides is 6. The molecule has 0 bridgehead atoms. The van der Waals surface area contributed by atoms with Crippen LogP contribution in [-0.2, 0) is 70.0 Å². The largest absolute Gasteiger partial charge is 0.491 e. The van der Waals surface area contributed by atoms with Gasteiger partial charge in [-0.2, -0.15) is 0 Å². The molecule has 680 valence electrons. The summed E-state index contributed by atoms with van der Waals surface area (Å²) in [5.74, 6) is -1.31. The number of rotatable bonds is 18. The Balaban J connectivity index is 0.626. The van der Waals surface area contributed by atoms with Crippen molar-refractivity contribution >= 4 is 84.7 Å². The number of carbonyl (C=O) groups excluding carboxylic acids is 7. The van der Waals surface area contributed by atoms with E-state index in [0.29, 0.717) is 45.6 Å². The second kappa shape index (κ2) is 43.0. The smallest absolute Gasteiger partial charge is 0.407 e. The second-order valence-electron chi connectivity index (χ2n) is 32.8. The number of methoxy groups -OCH3 is 1. The van der Waals surface area contributed by atoms with Gasteiger partial charge in [0.15, 0.2) is 23.0 Å². The number of benzene rings is 12. The standard InChI is InChI=1S/C104H108N6O21/c1-65(96(111)105-66(2)97(112)109-104(6,101(116)107-68(4)99(114)118-7)63-70-33-39-85-91(61-70)130-59-51-122-49-57-128-89-43-37-74-23-11-15-27-78(74)95(89)93-76-25-13-9-21-72(76)35-41-87(93)126-55-47-120-45-53-124-85)106-100(115)103(5,110-98(113)67(3)108-102(117)131-64-83-81-30-18-16-28-79(81)80-29-17-19-31-82(80)83)62-69-32-38-84-90(60-69)129-58-50-121-48-56-127-88-42-36-73-22-10-14-26-77(73)94(88)92-75-24-12-8-20-71(75)34-40-86(92)125-54-46-119-44-52-123-84/h8-43,60-61,65-68,83H,44-59,62-64H2,1-7H3,(H,105,111)(H,106,115)(H,107,116)(H,108,117)(H,109,112)(H,110,113)/t65-,66-,67-,68-,103-,104-/m0/s1. The first kappa shape index (κ1) is 91.7. The van der Waals surface area contributed by atoms with Gasteiger partial charge in [0.05, 0.1) is 60.0 Å². The quantitative estimate of drug-likeness (QED) is 0.0435.